The lowest BCUT2D eigenvalue weighted by atomic mass is 9.95. The fraction of sp³-hybridized carbons (Fsp3) is 0.222. The first-order chi connectivity index (χ1) is 16.5. The van der Waals surface area contributed by atoms with E-state index in [1.165, 1.54) is 31.2 Å². The van der Waals surface area contributed by atoms with Crippen molar-refractivity contribution in [1.29, 1.82) is 0 Å². The SMILES string of the molecule is Cc1nc2c(F)cc(-c3ccc(C(C)(C)O)cc3)cc2c(NC(c2ccccc2F)C(F)F)c1Cl. The van der Waals surface area contributed by atoms with Gasteiger partial charge in [0.15, 0.2) is 0 Å². The molecule has 1 atom stereocenters. The molecule has 0 aliphatic rings. The molecule has 0 saturated heterocycles. The molecule has 4 aromatic rings. The third-order valence-electron chi connectivity index (χ3n) is 5.87. The van der Waals surface area contributed by atoms with E-state index in [0.29, 0.717) is 16.7 Å². The van der Waals surface area contributed by atoms with Crippen LogP contribution in [0, 0.1) is 18.6 Å². The molecule has 0 bridgehead atoms. The molecule has 0 spiro atoms. The van der Waals surface area contributed by atoms with Gasteiger partial charge in [0, 0.05) is 10.9 Å². The molecule has 35 heavy (non-hydrogen) atoms. The number of fused-ring (bicyclic) bond motifs is 1. The Balaban J connectivity index is 1.88. The maximum absolute atomic E-state index is 15.2. The number of pyridine rings is 1. The lowest BCUT2D eigenvalue weighted by molar-refractivity contribution is 0.0786. The van der Waals surface area contributed by atoms with E-state index < -0.39 is 29.7 Å². The average Bonchev–Trinajstić information content (AvgIpc) is 2.80. The molecule has 4 rings (SSSR count). The fourth-order valence-electron chi connectivity index (χ4n) is 3.96. The number of hydrogen-bond donors (Lipinski definition) is 2. The fourth-order valence-corrected chi connectivity index (χ4v) is 4.16. The summed E-state index contributed by atoms with van der Waals surface area (Å²) in [6.45, 7) is 4.84. The first-order valence-corrected chi connectivity index (χ1v) is 11.3. The highest BCUT2D eigenvalue weighted by atomic mass is 35.5. The number of rotatable bonds is 6. The van der Waals surface area contributed by atoms with Crippen molar-refractivity contribution in [1.82, 2.24) is 4.98 Å². The Morgan fingerprint density at radius 2 is 1.60 bits per heavy atom. The lowest BCUT2D eigenvalue weighted by Crippen LogP contribution is -2.21. The van der Waals surface area contributed by atoms with Gasteiger partial charge in [-0.15, -0.1) is 0 Å². The molecule has 182 valence electrons. The van der Waals surface area contributed by atoms with Crippen LogP contribution < -0.4 is 5.32 Å². The van der Waals surface area contributed by atoms with Crippen molar-refractivity contribution < 1.29 is 22.7 Å². The van der Waals surface area contributed by atoms with Gasteiger partial charge in [-0.1, -0.05) is 54.1 Å². The summed E-state index contributed by atoms with van der Waals surface area (Å²) in [7, 11) is 0. The molecule has 1 heterocycles. The molecule has 0 fully saturated rings. The number of hydrogen-bond acceptors (Lipinski definition) is 3. The minimum atomic E-state index is -2.98. The Morgan fingerprint density at radius 3 is 2.20 bits per heavy atom. The van der Waals surface area contributed by atoms with Gasteiger partial charge in [-0.3, -0.25) is 0 Å². The third-order valence-corrected chi connectivity index (χ3v) is 6.33. The van der Waals surface area contributed by atoms with E-state index in [1.807, 2.05) is 0 Å². The highest BCUT2D eigenvalue weighted by molar-refractivity contribution is 6.35. The first kappa shape index (κ1) is 24.9. The van der Waals surface area contributed by atoms with E-state index in [-0.39, 0.29) is 32.9 Å². The van der Waals surface area contributed by atoms with E-state index >= 15 is 4.39 Å². The summed E-state index contributed by atoms with van der Waals surface area (Å²) >= 11 is 6.46. The molecule has 3 aromatic carbocycles. The molecule has 2 N–H and O–H groups in total. The molecule has 0 saturated carbocycles. The van der Waals surface area contributed by atoms with E-state index in [1.54, 1.807) is 44.2 Å². The van der Waals surface area contributed by atoms with Crippen molar-refractivity contribution in [3.63, 3.8) is 0 Å². The van der Waals surface area contributed by atoms with Crippen molar-refractivity contribution >= 4 is 28.2 Å². The van der Waals surface area contributed by atoms with Gasteiger partial charge in [-0.25, -0.2) is 22.5 Å². The van der Waals surface area contributed by atoms with Gasteiger partial charge in [0.25, 0.3) is 6.43 Å². The number of anilines is 1. The summed E-state index contributed by atoms with van der Waals surface area (Å²) in [6, 6.07) is 13.3. The maximum atomic E-state index is 15.2. The van der Waals surface area contributed by atoms with Crippen LogP contribution in [0.1, 0.15) is 36.7 Å². The Labute approximate surface area is 205 Å². The molecule has 1 aromatic heterocycles. The highest BCUT2D eigenvalue weighted by Crippen LogP contribution is 2.39. The summed E-state index contributed by atoms with van der Waals surface area (Å²) < 4.78 is 57.7. The smallest absolute Gasteiger partial charge is 0.262 e. The Hall–Kier alpha value is -3.16. The van der Waals surface area contributed by atoms with Crippen molar-refractivity contribution in [2.24, 2.45) is 0 Å². The molecule has 0 aliphatic carbocycles. The van der Waals surface area contributed by atoms with Crippen molar-refractivity contribution in [2.45, 2.75) is 38.8 Å². The number of benzene rings is 3. The topological polar surface area (TPSA) is 45.2 Å². The number of halogens is 5. The minimum Gasteiger partial charge on any atom is -0.386 e. The number of aromatic nitrogens is 1. The monoisotopic (exact) mass is 502 g/mol. The number of aryl methyl sites for hydroxylation is 1. The third kappa shape index (κ3) is 4.97. The second-order valence-electron chi connectivity index (χ2n) is 8.85. The van der Waals surface area contributed by atoms with Crippen LogP contribution in [0.5, 0.6) is 0 Å². The zero-order valence-electron chi connectivity index (χ0n) is 19.2. The van der Waals surface area contributed by atoms with Gasteiger partial charge in [-0.2, -0.15) is 0 Å². The molecule has 0 amide bonds. The largest absolute Gasteiger partial charge is 0.386 e. The quantitative estimate of drug-likeness (QED) is 0.264. The van der Waals surface area contributed by atoms with Crippen LogP contribution in [-0.4, -0.2) is 16.5 Å². The second-order valence-corrected chi connectivity index (χ2v) is 9.23. The minimum absolute atomic E-state index is 0.0356. The van der Waals surface area contributed by atoms with E-state index in [4.69, 9.17) is 11.6 Å². The summed E-state index contributed by atoms with van der Waals surface area (Å²) in [6.07, 6.45) is -2.98. The van der Waals surface area contributed by atoms with Crippen LogP contribution >= 0.6 is 11.6 Å². The van der Waals surface area contributed by atoms with Crippen LogP contribution in [0.3, 0.4) is 0 Å². The summed E-state index contributed by atoms with van der Waals surface area (Å²) in [5.41, 5.74) is 0.724. The molecule has 8 heteroatoms. The maximum Gasteiger partial charge on any atom is 0.262 e. The predicted molar refractivity (Wildman–Crippen MR) is 131 cm³/mol. The highest BCUT2D eigenvalue weighted by Gasteiger charge is 2.28. The first-order valence-electron chi connectivity index (χ1n) is 10.9. The Kier molecular flexibility index (Phi) is 6.75. The normalized spacial score (nSPS) is 12.9. The van der Waals surface area contributed by atoms with Gasteiger partial charge in [0.05, 0.1) is 22.0 Å². The number of aliphatic hydroxyl groups is 1. The predicted octanol–water partition coefficient (Wildman–Crippen LogP) is 7.79. The molecule has 0 aliphatic heterocycles. The summed E-state index contributed by atoms with van der Waals surface area (Å²) in [5, 5.41) is 13.1. The van der Waals surface area contributed by atoms with Gasteiger partial charge >= 0.3 is 0 Å². The van der Waals surface area contributed by atoms with Crippen LogP contribution in [0.2, 0.25) is 5.02 Å². The molecular weight excluding hydrogens is 480 g/mol. The van der Waals surface area contributed by atoms with Crippen LogP contribution in [0.4, 0.5) is 23.2 Å². The van der Waals surface area contributed by atoms with Gasteiger partial charge in [0.2, 0.25) is 0 Å². The van der Waals surface area contributed by atoms with Gasteiger partial charge in [0.1, 0.15) is 23.2 Å². The number of alkyl halides is 2. The lowest BCUT2D eigenvalue weighted by Gasteiger charge is -2.23. The molecule has 3 nitrogen and oxygen atoms in total. The van der Waals surface area contributed by atoms with E-state index in [0.717, 1.165) is 6.07 Å². The Morgan fingerprint density at radius 1 is 0.943 bits per heavy atom. The van der Waals surface area contributed by atoms with Crippen molar-refractivity contribution in [2.75, 3.05) is 5.32 Å². The van der Waals surface area contributed by atoms with E-state index in [9.17, 15) is 18.3 Å². The summed E-state index contributed by atoms with van der Waals surface area (Å²) in [5.74, 6) is -1.46. The van der Waals surface area contributed by atoms with Crippen molar-refractivity contribution in [3.05, 3.63) is 94.1 Å². The second kappa shape index (κ2) is 9.47. The van der Waals surface area contributed by atoms with Gasteiger partial charge < -0.3 is 10.4 Å². The number of nitrogens with one attached hydrogen (secondary N) is 1. The van der Waals surface area contributed by atoms with Crippen molar-refractivity contribution in [3.8, 4) is 11.1 Å². The van der Waals surface area contributed by atoms with Gasteiger partial charge in [-0.05, 0) is 55.7 Å². The van der Waals surface area contributed by atoms with Crippen LogP contribution in [-0.2, 0) is 5.60 Å². The standard InChI is InChI=1S/C27H23ClF4N2O/c1-14-22(28)24(34-25(26(31)32)18-6-4-5-7-20(18)29)19-12-16(13-21(30)23(19)33-14)15-8-10-17(11-9-15)27(2,3)35/h4-13,25-26,35H,1-3H3,(H,33,34). The number of nitrogens with zero attached hydrogens (tertiary/aromatic N) is 1. The zero-order chi connectivity index (χ0) is 25.5. The molecule has 1 unspecified atom stereocenters. The summed E-state index contributed by atoms with van der Waals surface area (Å²) in [4.78, 5) is 4.22. The van der Waals surface area contributed by atoms with E-state index in [2.05, 4.69) is 10.3 Å². The van der Waals surface area contributed by atoms with Crippen LogP contribution in [0.15, 0.2) is 60.7 Å². The van der Waals surface area contributed by atoms with Crippen LogP contribution in [0.25, 0.3) is 22.0 Å². The Bertz CT molecular complexity index is 1390. The molecular formula is C27H23ClF4N2O. The average molecular weight is 503 g/mol. The molecule has 0 radical (unpaired) electrons. The zero-order valence-corrected chi connectivity index (χ0v) is 20.0.